The second kappa shape index (κ2) is 7.08. The van der Waals surface area contributed by atoms with Crippen LogP contribution in [0.2, 0.25) is 0 Å². The number of aromatic nitrogens is 1. The van der Waals surface area contributed by atoms with E-state index in [1.54, 1.807) is 0 Å². The lowest BCUT2D eigenvalue weighted by molar-refractivity contribution is 0.0956. The fraction of sp³-hybridized carbons (Fsp3) is 0.333. The number of carbonyl (C=O) groups is 1. The van der Waals surface area contributed by atoms with Crippen LogP contribution in [0.1, 0.15) is 51.3 Å². The number of amides is 1. The molecule has 2 aromatic heterocycles. The molecule has 0 unspecified atom stereocenters. The fourth-order valence-corrected chi connectivity index (χ4v) is 4.49. The van der Waals surface area contributed by atoms with Crippen molar-refractivity contribution in [3.8, 4) is 0 Å². The summed E-state index contributed by atoms with van der Waals surface area (Å²) in [5, 5.41) is 3.91. The number of benzene rings is 1. The number of nitrogens with two attached hydrogens (primary N) is 1. The summed E-state index contributed by atoms with van der Waals surface area (Å²) in [4.78, 5) is 18.9. The molecule has 3 N–H and O–H groups in total. The largest absolute Gasteiger partial charge is 0.397 e. The van der Waals surface area contributed by atoms with Gasteiger partial charge < -0.3 is 11.1 Å². The molecule has 2 heterocycles. The average molecular weight is 366 g/mol. The second-order valence-electron chi connectivity index (χ2n) is 7.02. The summed E-state index contributed by atoms with van der Waals surface area (Å²) in [6.07, 6.45) is 5.73. The van der Waals surface area contributed by atoms with Crippen LogP contribution >= 0.6 is 11.3 Å². The molecule has 134 valence electrons. The lowest BCUT2D eigenvalue weighted by Crippen LogP contribution is -2.22. The first-order chi connectivity index (χ1) is 12.6. The normalized spacial score (nSPS) is 14.0. The molecule has 0 atom stereocenters. The van der Waals surface area contributed by atoms with Crippen molar-refractivity contribution in [1.82, 2.24) is 10.3 Å². The maximum absolute atomic E-state index is 12.6. The van der Waals surface area contributed by atoms with Crippen molar-refractivity contribution in [3.63, 3.8) is 0 Å². The van der Waals surface area contributed by atoms with Gasteiger partial charge in [-0.15, -0.1) is 11.3 Å². The maximum atomic E-state index is 12.6. The van der Waals surface area contributed by atoms with Gasteiger partial charge >= 0.3 is 0 Å². The van der Waals surface area contributed by atoms with Crippen LogP contribution in [-0.4, -0.2) is 10.9 Å². The Hall–Kier alpha value is -2.40. The van der Waals surface area contributed by atoms with E-state index < -0.39 is 0 Å². The molecule has 0 aliphatic heterocycles. The Labute approximate surface area is 157 Å². The molecule has 0 spiro atoms. The number of aryl methyl sites for hydroxylation is 3. The first-order valence-corrected chi connectivity index (χ1v) is 9.98. The molecule has 5 heteroatoms. The van der Waals surface area contributed by atoms with Crippen molar-refractivity contribution < 1.29 is 4.79 Å². The molecule has 26 heavy (non-hydrogen) atoms. The molecule has 0 radical (unpaired) electrons. The summed E-state index contributed by atoms with van der Waals surface area (Å²) in [5.41, 5.74) is 11.6. The standard InChI is InChI=1S/C21H23N3OS/c1-13-7-9-14(10-8-13)12-23-20(25)19-18(22)16-11-15-5-3-2-4-6-17(15)24-21(16)26-19/h7-11H,2-6,12,22H2,1H3,(H,23,25). The molecule has 1 aliphatic carbocycles. The fourth-order valence-electron chi connectivity index (χ4n) is 3.47. The Morgan fingerprint density at radius 1 is 1.19 bits per heavy atom. The van der Waals surface area contributed by atoms with Gasteiger partial charge in [0.05, 0.1) is 5.69 Å². The highest BCUT2D eigenvalue weighted by molar-refractivity contribution is 7.21. The highest BCUT2D eigenvalue weighted by atomic mass is 32.1. The van der Waals surface area contributed by atoms with Crippen molar-refractivity contribution in [3.05, 3.63) is 57.6 Å². The zero-order valence-electron chi connectivity index (χ0n) is 15.0. The number of anilines is 1. The minimum absolute atomic E-state index is 0.124. The van der Waals surface area contributed by atoms with Gasteiger partial charge in [-0.3, -0.25) is 4.79 Å². The number of rotatable bonds is 3. The van der Waals surface area contributed by atoms with E-state index in [2.05, 4.69) is 18.3 Å². The highest BCUT2D eigenvalue weighted by Crippen LogP contribution is 2.35. The molecular formula is C21H23N3OS. The molecule has 1 aromatic carbocycles. The molecule has 3 aromatic rings. The van der Waals surface area contributed by atoms with Crippen LogP contribution in [0.4, 0.5) is 5.69 Å². The Morgan fingerprint density at radius 3 is 2.77 bits per heavy atom. The molecule has 0 saturated heterocycles. The minimum Gasteiger partial charge on any atom is -0.397 e. The molecule has 1 aliphatic rings. The predicted molar refractivity (Wildman–Crippen MR) is 108 cm³/mol. The van der Waals surface area contributed by atoms with E-state index in [0.29, 0.717) is 17.1 Å². The van der Waals surface area contributed by atoms with Crippen molar-refractivity contribution in [1.29, 1.82) is 0 Å². The van der Waals surface area contributed by atoms with Gasteiger partial charge in [-0.05, 0) is 49.8 Å². The van der Waals surface area contributed by atoms with E-state index >= 15 is 0 Å². The van der Waals surface area contributed by atoms with Crippen LogP contribution in [0.5, 0.6) is 0 Å². The number of hydrogen-bond donors (Lipinski definition) is 2. The zero-order chi connectivity index (χ0) is 18.1. The number of nitrogen functional groups attached to an aromatic ring is 1. The third-order valence-corrected chi connectivity index (χ3v) is 6.14. The monoisotopic (exact) mass is 365 g/mol. The average Bonchev–Trinajstić information content (AvgIpc) is 2.82. The van der Waals surface area contributed by atoms with Crippen molar-refractivity contribution in [2.24, 2.45) is 0 Å². The van der Waals surface area contributed by atoms with Gasteiger partial charge in [0.2, 0.25) is 0 Å². The Bertz CT molecular complexity index is 960. The smallest absolute Gasteiger partial charge is 0.263 e. The van der Waals surface area contributed by atoms with E-state index in [1.807, 2.05) is 24.3 Å². The SMILES string of the molecule is Cc1ccc(CNC(=O)c2sc3nc4c(cc3c2N)CCCCC4)cc1. The number of carbonyl (C=O) groups excluding carboxylic acids is 1. The number of thiophene rings is 1. The van der Waals surface area contributed by atoms with Gasteiger partial charge in [-0.1, -0.05) is 36.2 Å². The number of nitrogens with one attached hydrogen (secondary N) is 1. The van der Waals surface area contributed by atoms with Gasteiger partial charge in [0.15, 0.2) is 0 Å². The van der Waals surface area contributed by atoms with Crippen molar-refractivity contribution in [2.75, 3.05) is 5.73 Å². The number of hydrogen-bond acceptors (Lipinski definition) is 4. The Balaban J connectivity index is 1.58. The molecule has 1 amide bonds. The quantitative estimate of drug-likeness (QED) is 0.677. The van der Waals surface area contributed by atoms with Crippen LogP contribution in [-0.2, 0) is 19.4 Å². The van der Waals surface area contributed by atoms with Crippen molar-refractivity contribution >= 4 is 33.1 Å². The number of nitrogens with zero attached hydrogens (tertiary/aromatic N) is 1. The molecular weight excluding hydrogens is 342 g/mol. The summed E-state index contributed by atoms with van der Waals surface area (Å²) in [6, 6.07) is 10.3. The first kappa shape index (κ1) is 17.0. The Morgan fingerprint density at radius 2 is 1.96 bits per heavy atom. The van der Waals surface area contributed by atoms with E-state index in [9.17, 15) is 4.79 Å². The van der Waals surface area contributed by atoms with E-state index in [4.69, 9.17) is 10.7 Å². The summed E-state index contributed by atoms with van der Waals surface area (Å²) < 4.78 is 0. The van der Waals surface area contributed by atoms with Crippen LogP contribution in [0.3, 0.4) is 0 Å². The number of fused-ring (bicyclic) bond motifs is 2. The van der Waals surface area contributed by atoms with E-state index in [-0.39, 0.29) is 5.91 Å². The van der Waals surface area contributed by atoms with Crippen LogP contribution < -0.4 is 11.1 Å². The van der Waals surface area contributed by atoms with Crippen LogP contribution in [0.15, 0.2) is 30.3 Å². The molecule has 0 bridgehead atoms. The molecule has 4 nitrogen and oxygen atoms in total. The van der Waals surface area contributed by atoms with E-state index in [0.717, 1.165) is 28.6 Å². The van der Waals surface area contributed by atoms with Gasteiger partial charge in [0.25, 0.3) is 5.91 Å². The van der Waals surface area contributed by atoms with E-state index in [1.165, 1.54) is 47.4 Å². The summed E-state index contributed by atoms with van der Waals surface area (Å²) in [7, 11) is 0. The lowest BCUT2D eigenvalue weighted by Gasteiger charge is -2.05. The molecule has 0 fully saturated rings. The van der Waals surface area contributed by atoms with Crippen molar-refractivity contribution in [2.45, 2.75) is 45.6 Å². The molecule has 4 rings (SSSR count). The van der Waals surface area contributed by atoms with Gasteiger partial charge in [-0.25, -0.2) is 4.98 Å². The maximum Gasteiger partial charge on any atom is 0.263 e. The lowest BCUT2D eigenvalue weighted by atomic mass is 10.1. The predicted octanol–water partition coefficient (Wildman–Crippen LogP) is 4.39. The first-order valence-electron chi connectivity index (χ1n) is 9.16. The summed E-state index contributed by atoms with van der Waals surface area (Å²) in [5.74, 6) is -0.124. The minimum atomic E-state index is -0.124. The molecule has 0 saturated carbocycles. The third-order valence-electron chi connectivity index (χ3n) is 5.03. The van der Waals surface area contributed by atoms with Gasteiger partial charge in [-0.2, -0.15) is 0 Å². The third kappa shape index (κ3) is 3.31. The highest BCUT2D eigenvalue weighted by Gasteiger charge is 2.19. The summed E-state index contributed by atoms with van der Waals surface area (Å²) >= 11 is 1.40. The van der Waals surface area contributed by atoms with Gasteiger partial charge in [0, 0.05) is 17.6 Å². The number of pyridine rings is 1. The zero-order valence-corrected chi connectivity index (χ0v) is 15.8. The van der Waals surface area contributed by atoms with Gasteiger partial charge in [0.1, 0.15) is 9.71 Å². The van der Waals surface area contributed by atoms with Crippen LogP contribution in [0.25, 0.3) is 10.2 Å². The topological polar surface area (TPSA) is 68.0 Å². The second-order valence-corrected chi connectivity index (χ2v) is 8.02. The Kier molecular flexibility index (Phi) is 4.64. The summed E-state index contributed by atoms with van der Waals surface area (Å²) in [6.45, 7) is 2.55. The van der Waals surface area contributed by atoms with Crippen LogP contribution in [0, 0.1) is 6.92 Å².